The number of nitrogens with one attached hydrogen (secondary N) is 1. The fourth-order valence-corrected chi connectivity index (χ4v) is 2.55. The smallest absolute Gasteiger partial charge is 0.240 e. The van der Waals surface area contributed by atoms with Gasteiger partial charge in [0.05, 0.1) is 4.90 Å². The molecule has 1 fully saturated rings. The monoisotopic (exact) mass is 246 g/mol. The van der Waals surface area contributed by atoms with Crippen LogP contribution in [0.3, 0.4) is 0 Å². The average molecular weight is 247 g/mol. The molecule has 0 aromatic carbocycles. The van der Waals surface area contributed by atoms with E-state index in [9.17, 15) is 8.42 Å². The van der Waals surface area contributed by atoms with Gasteiger partial charge in [0.2, 0.25) is 10.0 Å². The van der Waals surface area contributed by atoms with E-state index >= 15 is 0 Å². The Hall–Kier alpha value is -0.650. The van der Waals surface area contributed by atoms with Crippen LogP contribution in [0, 0.1) is 5.92 Å². The van der Waals surface area contributed by atoms with Crippen molar-refractivity contribution in [3.8, 4) is 0 Å². The molecule has 0 atom stereocenters. The van der Waals surface area contributed by atoms with Crippen molar-refractivity contribution in [2.24, 2.45) is 5.92 Å². The van der Waals surface area contributed by atoms with E-state index in [2.05, 4.69) is 9.71 Å². The van der Waals surface area contributed by atoms with Crippen molar-refractivity contribution < 1.29 is 8.42 Å². The lowest BCUT2D eigenvalue weighted by Gasteiger charge is -2.05. The molecule has 1 aromatic rings. The van der Waals surface area contributed by atoms with Gasteiger partial charge in [0.15, 0.2) is 0 Å². The van der Waals surface area contributed by atoms with Crippen LogP contribution in [0.25, 0.3) is 0 Å². The molecule has 0 aliphatic heterocycles. The number of hydrogen-bond acceptors (Lipinski definition) is 3. The Morgan fingerprint density at radius 1 is 1.53 bits per heavy atom. The van der Waals surface area contributed by atoms with Crippen LogP contribution >= 0.6 is 11.6 Å². The standard InChI is InChI=1S/C9H11ClN2O2S/c10-9-5-8(3-4-11-9)15(13,14)12-6-7-1-2-7/h3-5,7,12H,1-2,6H2. The van der Waals surface area contributed by atoms with Crippen LogP contribution in [0.15, 0.2) is 23.2 Å². The third-order valence-corrected chi connectivity index (χ3v) is 3.90. The summed E-state index contributed by atoms with van der Waals surface area (Å²) in [7, 11) is -3.41. The second kappa shape index (κ2) is 4.08. The van der Waals surface area contributed by atoms with Gasteiger partial charge in [-0.1, -0.05) is 11.6 Å². The van der Waals surface area contributed by atoms with Gasteiger partial charge in [0.25, 0.3) is 0 Å². The molecule has 15 heavy (non-hydrogen) atoms. The largest absolute Gasteiger partial charge is 0.244 e. The summed E-state index contributed by atoms with van der Waals surface area (Å²) in [6.45, 7) is 0.516. The zero-order chi connectivity index (χ0) is 10.9. The highest BCUT2D eigenvalue weighted by molar-refractivity contribution is 7.89. The van der Waals surface area contributed by atoms with Crippen molar-refractivity contribution in [3.63, 3.8) is 0 Å². The maximum Gasteiger partial charge on any atom is 0.240 e. The normalized spacial score (nSPS) is 16.6. The molecule has 0 spiro atoms. The number of pyridine rings is 1. The summed E-state index contributed by atoms with van der Waals surface area (Å²) in [5.74, 6) is 0.511. The predicted molar refractivity (Wildman–Crippen MR) is 57.2 cm³/mol. The molecule has 4 nitrogen and oxygen atoms in total. The number of halogens is 1. The lowest BCUT2D eigenvalue weighted by atomic mass is 10.4. The Morgan fingerprint density at radius 3 is 2.87 bits per heavy atom. The zero-order valence-electron chi connectivity index (χ0n) is 7.98. The van der Waals surface area contributed by atoms with Gasteiger partial charge in [0, 0.05) is 12.7 Å². The molecule has 1 aliphatic rings. The lowest BCUT2D eigenvalue weighted by molar-refractivity contribution is 0.577. The molecule has 6 heteroatoms. The van der Waals surface area contributed by atoms with E-state index in [0.717, 1.165) is 12.8 Å². The Kier molecular flexibility index (Phi) is 2.95. The highest BCUT2D eigenvalue weighted by atomic mass is 35.5. The van der Waals surface area contributed by atoms with Crippen molar-refractivity contribution in [2.75, 3.05) is 6.54 Å². The second-order valence-corrected chi connectivity index (χ2v) is 5.76. The third-order valence-electron chi connectivity index (χ3n) is 2.27. The van der Waals surface area contributed by atoms with Crippen LogP contribution in [0.1, 0.15) is 12.8 Å². The summed E-state index contributed by atoms with van der Waals surface area (Å²) in [5.41, 5.74) is 0. The molecular weight excluding hydrogens is 236 g/mol. The Labute approximate surface area is 93.7 Å². The number of hydrogen-bond donors (Lipinski definition) is 1. The van der Waals surface area contributed by atoms with Gasteiger partial charge >= 0.3 is 0 Å². The minimum atomic E-state index is -3.41. The van der Waals surface area contributed by atoms with Crippen molar-refractivity contribution in [1.82, 2.24) is 9.71 Å². The molecule has 0 bridgehead atoms. The number of nitrogens with zero attached hydrogens (tertiary/aromatic N) is 1. The molecule has 0 radical (unpaired) electrons. The Balaban J connectivity index is 2.12. The molecular formula is C9H11ClN2O2S. The van der Waals surface area contributed by atoms with Gasteiger partial charge in [-0.15, -0.1) is 0 Å². The van der Waals surface area contributed by atoms with Gasteiger partial charge in [-0.2, -0.15) is 0 Å². The summed E-state index contributed by atoms with van der Waals surface area (Å²) in [6, 6.07) is 2.78. The first-order valence-electron chi connectivity index (χ1n) is 4.69. The van der Waals surface area contributed by atoms with Crippen molar-refractivity contribution in [2.45, 2.75) is 17.7 Å². The average Bonchev–Trinajstić information content (AvgIpc) is 2.98. The molecule has 1 aromatic heterocycles. The van der Waals surface area contributed by atoms with Crippen LogP contribution in [-0.4, -0.2) is 19.9 Å². The minimum absolute atomic E-state index is 0.170. The lowest BCUT2D eigenvalue weighted by Crippen LogP contribution is -2.25. The maximum absolute atomic E-state index is 11.7. The molecule has 1 heterocycles. The summed E-state index contributed by atoms with van der Waals surface area (Å²) >= 11 is 5.62. The highest BCUT2D eigenvalue weighted by Gasteiger charge is 2.24. The Bertz CT molecular complexity index is 457. The van der Waals surface area contributed by atoms with E-state index in [4.69, 9.17) is 11.6 Å². The van der Waals surface area contributed by atoms with Crippen LogP contribution < -0.4 is 4.72 Å². The predicted octanol–water partition coefficient (Wildman–Crippen LogP) is 1.42. The third kappa shape index (κ3) is 2.90. The van der Waals surface area contributed by atoms with Crippen molar-refractivity contribution in [3.05, 3.63) is 23.5 Å². The van der Waals surface area contributed by atoms with E-state index in [0.29, 0.717) is 12.5 Å². The molecule has 0 amide bonds. The molecule has 1 saturated carbocycles. The van der Waals surface area contributed by atoms with E-state index in [1.165, 1.54) is 18.3 Å². The highest BCUT2D eigenvalue weighted by Crippen LogP contribution is 2.28. The SMILES string of the molecule is O=S(=O)(NCC1CC1)c1ccnc(Cl)c1. The summed E-state index contributed by atoms with van der Waals surface area (Å²) in [5, 5.41) is 0.185. The summed E-state index contributed by atoms with van der Waals surface area (Å²) in [6.07, 6.45) is 3.60. The number of sulfonamides is 1. The van der Waals surface area contributed by atoms with Gasteiger partial charge in [0.1, 0.15) is 5.15 Å². The van der Waals surface area contributed by atoms with E-state index in [-0.39, 0.29) is 10.0 Å². The van der Waals surface area contributed by atoms with Gasteiger partial charge < -0.3 is 0 Å². The molecule has 82 valence electrons. The summed E-state index contributed by atoms with van der Waals surface area (Å²) in [4.78, 5) is 3.90. The fraction of sp³-hybridized carbons (Fsp3) is 0.444. The van der Waals surface area contributed by atoms with Crippen LogP contribution in [0.2, 0.25) is 5.15 Å². The van der Waals surface area contributed by atoms with E-state index in [1.807, 2.05) is 0 Å². The second-order valence-electron chi connectivity index (χ2n) is 3.61. The van der Waals surface area contributed by atoms with Crippen molar-refractivity contribution in [1.29, 1.82) is 0 Å². The van der Waals surface area contributed by atoms with Crippen molar-refractivity contribution >= 4 is 21.6 Å². The Morgan fingerprint density at radius 2 is 2.27 bits per heavy atom. The van der Waals surface area contributed by atoms with Crippen LogP contribution in [-0.2, 0) is 10.0 Å². The molecule has 0 unspecified atom stereocenters. The maximum atomic E-state index is 11.7. The molecule has 1 aliphatic carbocycles. The zero-order valence-corrected chi connectivity index (χ0v) is 9.55. The first-order valence-corrected chi connectivity index (χ1v) is 6.55. The molecule has 1 N–H and O–H groups in total. The van der Waals surface area contributed by atoms with Crippen LogP contribution in [0.4, 0.5) is 0 Å². The molecule has 2 rings (SSSR count). The van der Waals surface area contributed by atoms with Gasteiger partial charge in [-0.05, 0) is 30.9 Å². The quantitative estimate of drug-likeness (QED) is 0.818. The van der Waals surface area contributed by atoms with E-state index in [1.54, 1.807) is 0 Å². The molecule has 0 saturated heterocycles. The van der Waals surface area contributed by atoms with Gasteiger partial charge in [-0.3, -0.25) is 0 Å². The first-order chi connectivity index (χ1) is 7.08. The summed E-state index contributed by atoms with van der Waals surface area (Å²) < 4.78 is 26.0. The van der Waals surface area contributed by atoms with Gasteiger partial charge in [-0.25, -0.2) is 18.1 Å². The number of aromatic nitrogens is 1. The first kappa shape index (κ1) is 10.9. The van der Waals surface area contributed by atoms with E-state index < -0.39 is 10.0 Å². The van der Waals surface area contributed by atoms with Crippen LogP contribution in [0.5, 0.6) is 0 Å². The minimum Gasteiger partial charge on any atom is -0.244 e. The topological polar surface area (TPSA) is 59.1 Å². The fourth-order valence-electron chi connectivity index (χ4n) is 1.18. The number of rotatable bonds is 4.